The average Bonchev–Trinajstić information content (AvgIpc) is 3.19. The number of imidazole rings is 1. The third-order valence-electron chi connectivity index (χ3n) is 6.95. The molecule has 0 bridgehead atoms. The molecule has 0 atom stereocenters. The third kappa shape index (κ3) is 3.80. The first-order chi connectivity index (χ1) is 17.6. The van der Waals surface area contributed by atoms with Crippen molar-refractivity contribution < 1.29 is 4.57 Å². The molecule has 174 valence electrons. The van der Waals surface area contributed by atoms with Crippen LogP contribution >= 0.6 is 11.6 Å². The highest BCUT2D eigenvalue weighted by molar-refractivity contribution is 6.30. The Kier molecular flexibility index (Phi) is 5.67. The summed E-state index contributed by atoms with van der Waals surface area (Å²) in [5, 5.41) is 0.740. The van der Waals surface area contributed by atoms with E-state index in [9.17, 15) is 0 Å². The molecule has 36 heavy (non-hydrogen) atoms. The number of aromatic nitrogens is 2. The van der Waals surface area contributed by atoms with Crippen LogP contribution in [-0.2, 0) is 14.1 Å². The third-order valence-corrected chi connectivity index (χ3v) is 7.20. The van der Waals surface area contributed by atoms with Gasteiger partial charge >= 0.3 is 0 Å². The topological polar surface area (TPSA) is 8.81 Å². The van der Waals surface area contributed by atoms with Gasteiger partial charge in [-0.3, -0.25) is 0 Å². The number of rotatable bonds is 4. The van der Waals surface area contributed by atoms with E-state index in [-0.39, 0.29) is 0 Å². The molecule has 3 heteroatoms. The van der Waals surface area contributed by atoms with Crippen LogP contribution in [0, 0.1) is 0 Å². The number of para-hydroxylation sites is 2. The molecule has 0 unspecified atom stereocenters. The maximum atomic E-state index is 6.23. The van der Waals surface area contributed by atoms with E-state index in [1.54, 1.807) is 0 Å². The van der Waals surface area contributed by atoms with Crippen LogP contribution in [0.5, 0.6) is 0 Å². The molecule has 5 aromatic carbocycles. The van der Waals surface area contributed by atoms with Crippen molar-refractivity contribution in [3.05, 3.63) is 126 Å². The molecule has 0 saturated carbocycles. The second-order valence-corrected chi connectivity index (χ2v) is 9.55. The van der Waals surface area contributed by atoms with Crippen molar-refractivity contribution in [1.29, 1.82) is 0 Å². The molecule has 1 aromatic heterocycles. The number of nitrogens with zero attached hydrogens (tertiary/aromatic N) is 2. The number of halogens is 1. The van der Waals surface area contributed by atoms with Crippen LogP contribution in [0.4, 0.5) is 0 Å². The molecular formula is C33H26ClN2+. The van der Waals surface area contributed by atoms with Gasteiger partial charge < -0.3 is 0 Å². The largest absolute Gasteiger partial charge is 0.290 e. The Bertz CT molecular complexity index is 1580. The van der Waals surface area contributed by atoms with Crippen LogP contribution in [0.15, 0.2) is 121 Å². The number of hydrogen-bond donors (Lipinski definition) is 0. The van der Waals surface area contributed by atoms with Crippen molar-refractivity contribution in [2.75, 3.05) is 0 Å². The van der Waals surface area contributed by atoms with Crippen LogP contribution < -0.4 is 4.57 Å². The van der Waals surface area contributed by atoms with E-state index in [0.29, 0.717) is 0 Å². The minimum atomic E-state index is 0.740. The van der Waals surface area contributed by atoms with Gasteiger partial charge in [-0.25, -0.2) is 9.13 Å². The van der Waals surface area contributed by atoms with Crippen LogP contribution in [0.1, 0.15) is 0 Å². The molecule has 0 aliphatic carbocycles. The summed E-state index contributed by atoms with van der Waals surface area (Å²) in [7, 11) is 4.32. The minimum absolute atomic E-state index is 0.740. The number of hydrogen-bond acceptors (Lipinski definition) is 0. The van der Waals surface area contributed by atoms with Gasteiger partial charge in [0.2, 0.25) is 0 Å². The Hall–Kier alpha value is -4.14. The van der Waals surface area contributed by atoms with E-state index in [1.807, 2.05) is 12.1 Å². The van der Waals surface area contributed by atoms with E-state index >= 15 is 0 Å². The van der Waals surface area contributed by atoms with Gasteiger partial charge in [0.25, 0.3) is 5.82 Å². The summed E-state index contributed by atoms with van der Waals surface area (Å²) in [5.41, 5.74) is 10.7. The molecule has 0 aliphatic heterocycles. The summed E-state index contributed by atoms with van der Waals surface area (Å²) >= 11 is 6.23. The Morgan fingerprint density at radius 3 is 1.67 bits per heavy atom. The van der Waals surface area contributed by atoms with Gasteiger partial charge in [-0.15, -0.1) is 0 Å². The lowest BCUT2D eigenvalue weighted by Crippen LogP contribution is -2.30. The first-order valence-corrected chi connectivity index (χ1v) is 12.5. The van der Waals surface area contributed by atoms with Crippen molar-refractivity contribution in [3.63, 3.8) is 0 Å². The molecule has 0 N–H and O–H groups in total. The predicted octanol–water partition coefficient (Wildman–Crippen LogP) is 8.32. The van der Waals surface area contributed by atoms with Crippen molar-refractivity contribution in [2.45, 2.75) is 0 Å². The highest BCUT2D eigenvalue weighted by Gasteiger charge is 2.28. The van der Waals surface area contributed by atoms with Crippen LogP contribution in [-0.4, -0.2) is 4.57 Å². The minimum Gasteiger partial charge on any atom is -0.226 e. The lowest BCUT2D eigenvalue weighted by Gasteiger charge is -2.17. The van der Waals surface area contributed by atoms with Crippen molar-refractivity contribution in [3.8, 4) is 44.8 Å². The zero-order chi connectivity index (χ0) is 24.6. The zero-order valence-electron chi connectivity index (χ0n) is 20.3. The number of fused-ring (bicyclic) bond motifs is 1. The van der Waals surface area contributed by atoms with Gasteiger partial charge in [-0.05, 0) is 69.8 Å². The van der Waals surface area contributed by atoms with E-state index in [0.717, 1.165) is 22.0 Å². The van der Waals surface area contributed by atoms with Crippen LogP contribution in [0.3, 0.4) is 0 Å². The highest BCUT2D eigenvalue weighted by Crippen LogP contribution is 2.43. The molecule has 0 radical (unpaired) electrons. The summed E-state index contributed by atoms with van der Waals surface area (Å²) < 4.78 is 4.62. The lowest BCUT2D eigenvalue weighted by atomic mass is 9.87. The molecule has 6 rings (SSSR count). The second kappa shape index (κ2) is 9.14. The molecule has 0 spiro atoms. The molecule has 0 fully saturated rings. The van der Waals surface area contributed by atoms with Crippen molar-refractivity contribution in [2.24, 2.45) is 14.1 Å². The molecule has 1 heterocycles. The Balaban J connectivity index is 1.76. The molecule has 0 amide bonds. The number of aryl methyl sites for hydroxylation is 2. The highest BCUT2D eigenvalue weighted by atomic mass is 35.5. The molecular weight excluding hydrogens is 460 g/mol. The second-order valence-electron chi connectivity index (χ2n) is 9.12. The Morgan fingerprint density at radius 2 is 1.11 bits per heavy atom. The Morgan fingerprint density at radius 1 is 0.583 bits per heavy atom. The molecule has 0 aliphatic rings. The zero-order valence-corrected chi connectivity index (χ0v) is 21.1. The number of benzene rings is 5. The summed E-state index contributed by atoms with van der Waals surface area (Å²) in [6.45, 7) is 0. The fraction of sp³-hybridized carbons (Fsp3) is 0.0606. The quantitative estimate of drug-likeness (QED) is 0.222. The molecule has 2 nitrogen and oxygen atoms in total. The fourth-order valence-corrected chi connectivity index (χ4v) is 5.33. The SMILES string of the molecule is Cn1c(-c2c(-c3ccccc3)cc(-c3ccc(Cl)cc3)cc2-c2ccccc2)[n+](C)c2ccccc21. The van der Waals surface area contributed by atoms with E-state index in [2.05, 4.69) is 132 Å². The van der Waals surface area contributed by atoms with E-state index < -0.39 is 0 Å². The van der Waals surface area contributed by atoms with Gasteiger partial charge in [-0.2, -0.15) is 0 Å². The molecule has 6 aromatic rings. The first-order valence-electron chi connectivity index (χ1n) is 12.1. The monoisotopic (exact) mass is 485 g/mol. The summed E-state index contributed by atoms with van der Waals surface area (Å²) in [6, 6.07) is 42.7. The lowest BCUT2D eigenvalue weighted by molar-refractivity contribution is -0.634. The Labute approximate surface area is 216 Å². The summed E-state index contributed by atoms with van der Waals surface area (Å²) in [4.78, 5) is 0. The summed E-state index contributed by atoms with van der Waals surface area (Å²) in [6.07, 6.45) is 0. The predicted molar refractivity (Wildman–Crippen MR) is 151 cm³/mol. The van der Waals surface area contributed by atoms with Gasteiger partial charge in [0, 0.05) is 5.02 Å². The first kappa shape index (κ1) is 22.3. The normalized spacial score (nSPS) is 11.2. The smallest absolute Gasteiger partial charge is 0.226 e. The fourth-order valence-electron chi connectivity index (χ4n) is 5.20. The standard InChI is InChI=1S/C33H26ClN2/c1-35-30-15-9-10-16-31(30)36(2)33(35)32-28(24-11-5-3-6-12-24)21-26(23-17-19-27(34)20-18-23)22-29(32)25-13-7-4-8-14-25/h3-22H,1-2H3/q+1. The van der Waals surface area contributed by atoms with Gasteiger partial charge in [0.05, 0.1) is 19.7 Å². The summed E-state index contributed by atoms with van der Waals surface area (Å²) in [5.74, 6) is 1.16. The maximum Gasteiger partial charge on any atom is 0.290 e. The average molecular weight is 486 g/mol. The van der Waals surface area contributed by atoms with Gasteiger partial charge in [0.1, 0.15) is 0 Å². The van der Waals surface area contributed by atoms with E-state index in [4.69, 9.17) is 11.6 Å². The van der Waals surface area contributed by atoms with Crippen LogP contribution in [0.25, 0.3) is 55.8 Å². The maximum absolute atomic E-state index is 6.23. The van der Waals surface area contributed by atoms with Crippen molar-refractivity contribution >= 4 is 22.6 Å². The van der Waals surface area contributed by atoms with Crippen molar-refractivity contribution in [1.82, 2.24) is 4.57 Å². The molecule has 0 saturated heterocycles. The van der Waals surface area contributed by atoms with Gasteiger partial charge in [0.15, 0.2) is 11.0 Å². The van der Waals surface area contributed by atoms with E-state index in [1.165, 1.54) is 38.9 Å². The van der Waals surface area contributed by atoms with Crippen LogP contribution in [0.2, 0.25) is 5.02 Å². The van der Waals surface area contributed by atoms with Gasteiger partial charge in [-0.1, -0.05) is 96.5 Å².